The van der Waals surface area contributed by atoms with E-state index in [-0.39, 0.29) is 0 Å². The number of hydrogen-bond acceptors (Lipinski definition) is 3. The van der Waals surface area contributed by atoms with E-state index in [0.717, 1.165) is 30.8 Å². The second kappa shape index (κ2) is 3.88. The van der Waals surface area contributed by atoms with Crippen LogP contribution in [-0.2, 0) is 0 Å². The average Bonchev–Trinajstić information content (AvgIpc) is 2.64. The third kappa shape index (κ3) is 1.99. The molecule has 1 aliphatic heterocycles. The maximum atomic E-state index is 9.52. The maximum absolute atomic E-state index is 9.52. The Labute approximate surface area is 84.1 Å². The third-order valence-corrected chi connectivity index (χ3v) is 2.64. The van der Waals surface area contributed by atoms with Crippen molar-refractivity contribution < 1.29 is 5.11 Å². The molecular formula is C11H16N2O. The molecule has 76 valence electrons. The van der Waals surface area contributed by atoms with Gasteiger partial charge in [-0.2, -0.15) is 0 Å². The van der Waals surface area contributed by atoms with Gasteiger partial charge in [0.15, 0.2) is 0 Å². The zero-order valence-corrected chi connectivity index (χ0v) is 8.38. The Morgan fingerprint density at radius 2 is 2.36 bits per heavy atom. The lowest BCUT2D eigenvalue weighted by Crippen LogP contribution is -2.21. The first kappa shape index (κ1) is 9.34. The van der Waals surface area contributed by atoms with Gasteiger partial charge in [0.1, 0.15) is 5.75 Å². The molecule has 0 amide bonds. The summed E-state index contributed by atoms with van der Waals surface area (Å²) in [6.07, 6.45) is 1.15. The summed E-state index contributed by atoms with van der Waals surface area (Å²) in [6, 6.07) is 6.22. The molecule has 0 radical (unpaired) electrons. The quantitative estimate of drug-likeness (QED) is 0.665. The van der Waals surface area contributed by atoms with Crippen LogP contribution >= 0.6 is 0 Å². The Morgan fingerprint density at radius 1 is 1.50 bits per heavy atom. The fraction of sp³-hybridized carbons (Fsp3) is 0.455. The standard InChI is InChI=1S/C11H16N2O/c1-8-2-3-9(6-11(8)14)13-10-4-5-12-7-10/h2-3,6,10,12-14H,4-5,7H2,1H3. The fourth-order valence-electron chi connectivity index (χ4n) is 1.71. The highest BCUT2D eigenvalue weighted by Gasteiger charge is 2.13. The number of anilines is 1. The molecule has 3 nitrogen and oxygen atoms in total. The molecule has 3 heteroatoms. The Balaban J connectivity index is 2.05. The Morgan fingerprint density at radius 3 is 3.00 bits per heavy atom. The fourth-order valence-corrected chi connectivity index (χ4v) is 1.71. The molecule has 1 unspecified atom stereocenters. The van der Waals surface area contributed by atoms with Crippen molar-refractivity contribution in [1.82, 2.24) is 5.32 Å². The summed E-state index contributed by atoms with van der Waals surface area (Å²) < 4.78 is 0. The van der Waals surface area contributed by atoms with Gasteiger partial charge < -0.3 is 15.7 Å². The summed E-state index contributed by atoms with van der Waals surface area (Å²) in [4.78, 5) is 0. The van der Waals surface area contributed by atoms with Gasteiger partial charge in [0, 0.05) is 24.3 Å². The van der Waals surface area contributed by atoms with Crippen LogP contribution in [0.2, 0.25) is 0 Å². The van der Waals surface area contributed by atoms with Gasteiger partial charge in [-0.3, -0.25) is 0 Å². The van der Waals surface area contributed by atoms with E-state index in [1.54, 1.807) is 6.07 Å². The SMILES string of the molecule is Cc1ccc(NC2CCNC2)cc1O. The van der Waals surface area contributed by atoms with Gasteiger partial charge >= 0.3 is 0 Å². The summed E-state index contributed by atoms with van der Waals surface area (Å²) in [7, 11) is 0. The molecule has 1 saturated heterocycles. The first-order valence-corrected chi connectivity index (χ1v) is 5.02. The van der Waals surface area contributed by atoms with Crippen molar-refractivity contribution in [3.63, 3.8) is 0 Å². The van der Waals surface area contributed by atoms with Gasteiger partial charge in [0.05, 0.1) is 0 Å². The number of rotatable bonds is 2. The van der Waals surface area contributed by atoms with Crippen LogP contribution in [0.4, 0.5) is 5.69 Å². The molecule has 1 atom stereocenters. The van der Waals surface area contributed by atoms with Crippen molar-refractivity contribution in [3.8, 4) is 5.75 Å². The lowest BCUT2D eigenvalue weighted by Gasteiger charge is -2.13. The minimum Gasteiger partial charge on any atom is -0.508 e. The molecule has 0 spiro atoms. The largest absolute Gasteiger partial charge is 0.508 e. The van der Waals surface area contributed by atoms with Gasteiger partial charge in [-0.05, 0) is 31.5 Å². The highest BCUT2D eigenvalue weighted by Crippen LogP contribution is 2.21. The molecule has 1 heterocycles. The maximum Gasteiger partial charge on any atom is 0.120 e. The van der Waals surface area contributed by atoms with E-state index in [9.17, 15) is 5.11 Å². The molecule has 2 rings (SSSR count). The van der Waals surface area contributed by atoms with Crippen molar-refractivity contribution in [1.29, 1.82) is 0 Å². The average molecular weight is 192 g/mol. The van der Waals surface area contributed by atoms with Crippen molar-refractivity contribution in [2.24, 2.45) is 0 Å². The summed E-state index contributed by atoms with van der Waals surface area (Å²) in [5, 5.41) is 16.2. The highest BCUT2D eigenvalue weighted by atomic mass is 16.3. The van der Waals surface area contributed by atoms with Crippen LogP contribution in [-0.4, -0.2) is 24.2 Å². The smallest absolute Gasteiger partial charge is 0.120 e. The number of aryl methyl sites for hydroxylation is 1. The number of phenols is 1. The molecular weight excluding hydrogens is 176 g/mol. The highest BCUT2D eigenvalue weighted by molar-refractivity contribution is 5.51. The van der Waals surface area contributed by atoms with Crippen molar-refractivity contribution in [2.45, 2.75) is 19.4 Å². The van der Waals surface area contributed by atoms with E-state index >= 15 is 0 Å². The van der Waals surface area contributed by atoms with E-state index in [4.69, 9.17) is 0 Å². The molecule has 0 bridgehead atoms. The topological polar surface area (TPSA) is 44.3 Å². The molecule has 0 aromatic heterocycles. The van der Waals surface area contributed by atoms with Crippen LogP contribution in [0.15, 0.2) is 18.2 Å². The Hall–Kier alpha value is -1.22. The molecule has 0 aliphatic carbocycles. The third-order valence-electron chi connectivity index (χ3n) is 2.64. The molecule has 0 saturated carbocycles. The van der Waals surface area contributed by atoms with Crippen molar-refractivity contribution in [2.75, 3.05) is 18.4 Å². The number of aromatic hydroxyl groups is 1. The summed E-state index contributed by atoms with van der Waals surface area (Å²) >= 11 is 0. The molecule has 1 aliphatic rings. The normalized spacial score (nSPS) is 21.1. The molecule has 1 fully saturated rings. The monoisotopic (exact) mass is 192 g/mol. The van der Waals surface area contributed by atoms with Gasteiger partial charge in [-0.1, -0.05) is 6.07 Å². The van der Waals surface area contributed by atoms with E-state index < -0.39 is 0 Å². The molecule has 14 heavy (non-hydrogen) atoms. The lowest BCUT2D eigenvalue weighted by molar-refractivity contribution is 0.471. The minimum absolute atomic E-state index is 0.362. The van der Waals surface area contributed by atoms with Gasteiger partial charge in [0.25, 0.3) is 0 Å². The van der Waals surface area contributed by atoms with Crippen LogP contribution < -0.4 is 10.6 Å². The molecule has 1 aromatic rings. The molecule has 3 N–H and O–H groups in total. The minimum atomic E-state index is 0.362. The van der Waals surface area contributed by atoms with E-state index in [1.165, 1.54) is 0 Å². The number of hydrogen-bond donors (Lipinski definition) is 3. The summed E-state index contributed by atoms with van der Waals surface area (Å²) in [5.74, 6) is 0.362. The van der Waals surface area contributed by atoms with E-state index in [1.807, 2.05) is 19.1 Å². The predicted octanol–water partition coefficient (Wildman–Crippen LogP) is 1.47. The van der Waals surface area contributed by atoms with Crippen LogP contribution in [0.1, 0.15) is 12.0 Å². The van der Waals surface area contributed by atoms with Crippen molar-refractivity contribution in [3.05, 3.63) is 23.8 Å². The first-order chi connectivity index (χ1) is 6.75. The van der Waals surface area contributed by atoms with E-state index in [0.29, 0.717) is 11.8 Å². The van der Waals surface area contributed by atoms with Crippen LogP contribution in [0, 0.1) is 6.92 Å². The second-order valence-corrected chi connectivity index (χ2v) is 3.84. The van der Waals surface area contributed by atoms with Crippen LogP contribution in [0.25, 0.3) is 0 Å². The van der Waals surface area contributed by atoms with Crippen molar-refractivity contribution >= 4 is 5.69 Å². The predicted molar refractivity (Wildman–Crippen MR) is 57.7 cm³/mol. The second-order valence-electron chi connectivity index (χ2n) is 3.84. The van der Waals surface area contributed by atoms with E-state index in [2.05, 4.69) is 10.6 Å². The number of benzene rings is 1. The van der Waals surface area contributed by atoms with Gasteiger partial charge in [-0.15, -0.1) is 0 Å². The van der Waals surface area contributed by atoms with Gasteiger partial charge in [0.2, 0.25) is 0 Å². The zero-order chi connectivity index (χ0) is 9.97. The zero-order valence-electron chi connectivity index (χ0n) is 8.38. The number of phenolic OH excluding ortho intramolecular Hbond substituents is 1. The van der Waals surface area contributed by atoms with Crippen LogP contribution in [0.5, 0.6) is 5.75 Å². The van der Waals surface area contributed by atoms with Crippen LogP contribution in [0.3, 0.4) is 0 Å². The summed E-state index contributed by atoms with van der Waals surface area (Å²) in [6.45, 7) is 3.99. The Kier molecular flexibility index (Phi) is 2.59. The molecule has 1 aromatic carbocycles. The number of nitrogens with one attached hydrogen (secondary N) is 2. The Bertz CT molecular complexity index is 319. The van der Waals surface area contributed by atoms with Gasteiger partial charge in [-0.25, -0.2) is 0 Å². The first-order valence-electron chi connectivity index (χ1n) is 5.02. The summed E-state index contributed by atoms with van der Waals surface area (Å²) in [5.41, 5.74) is 1.92. The lowest BCUT2D eigenvalue weighted by atomic mass is 10.2.